The highest BCUT2D eigenvalue weighted by Gasteiger charge is 2.32. The number of para-hydroxylation sites is 1. The normalized spacial score (nSPS) is 11.6. The van der Waals surface area contributed by atoms with Crippen molar-refractivity contribution < 1.29 is 22.7 Å². The van der Waals surface area contributed by atoms with E-state index >= 15 is 0 Å². The van der Waals surface area contributed by atoms with Crippen molar-refractivity contribution in [1.82, 2.24) is 4.90 Å². The molecular weight excluding hydrogens is 283 g/mol. The highest BCUT2D eigenvalue weighted by molar-refractivity contribution is 5.78. The van der Waals surface area contributed by atoms with E-state index in [2.05, 4.69) is 4.74 Å². The van der Waals surface area contributed by atoms with Crippen molar-refractivity contribution in [3.05, 3.63) is 29.8 Å². The number of carbonyl (C=O) groups excluding carboxylic acids is 1. The Kier molecular flexibility index (Phi) is 6.05. The Morgan fingerprint density at radius 1 is 1.24 bits per heavy atom. The number of halogens is 3. The first kappa shape index (κ1) is 17.3. The lowest BCUT2D eigenvalue weighted by atomic mass is 10.0. The molecule has 0 aliphatic rings. The van der Waals surface area contributed by atoms with Crippen molar-refractivity contribution in [2.45, 2.75) is 39.6 Å². The molecule has 0 aliphatic carbocycles. The van der Waals surface area contributed by atoms with Gasteiger partial charge in [-0.25, -0.2) is 0 Å². The Balaban J connectivity index is 2.85. The average molecular weight is 303 g/mol. The van der Waals surface area contributed by atoms with Crippen LogP contribution in [0.15, 0.2) is 24.3 Å². The number of benzene rings is 1. The van der Waals surface area contributed by atoms with Gasteiger partial charge in [0, 0.05) is 25.1 Å². The molecule has 6 heteroatoms. The highest BCUT2D eigenvalue weighted by Crippen LogP contribution is 2.27. The zero-order chi connectivity index (χ0) is 16.0. The molecule has 0 atom stereocenters. The molecule has 0 unspecified atom stereocenters. The van der Waals surface area contributed by atoms with Crippen LogP contribution in [0, 0.1) is 5.92 Å². The summed E-state index contributed by atoms with van der Waals surface area (Å²) < 4.78 is 41.0. The topological polar surface area (TPSA) is 29.5 Å². The summed E-state index contributed by atoms with van der Waals surface area (Å²) in [6.45, 7) is 3.92. The molecule has 0 spiro atoms. The second kappa shape index (κ2) is 7.33. The number of carbonyl (C=O) groups is 1. The van der Waals surface area contributed by atoms with Crippen LogP contribution in [0.1, 0.15) is 32.3 Å². The standard InChI is InChI=1S/C15H20F3NO2/c1-4-11(5-2)14(20)19(3)10-12-8-6-7-9-13(12)21-15(16,17)18/h6-9,11H,4-5,10H2,1-3H3. The van der Waals surface area contributed by atoms with Crippen molar-refractivity contribution in [3.8, 4) is 5.75 Å². The molecular formula is C15H20F3NO2. The fourth-order valence-electron chi connectivity index (χ4n) is 2.14. The van der Waals surface area contributed by atoms with E-state index in [9.17, 15) is 18.0 Å². The van der Waals surface area contributed by atoms with Crippen LogP contribution in [0.25, 0.3) is 0 Å². The third-order valence-electron chi connectivity index (χ3n) is 3.32. The number of alkyl halides is 3. The third kappa shape index (κ3) is 5.28. The van der Waals surface area contributed by atoms with Gasteiger partial charge in [-0.3, -0.25) is 4.79 Å². The second-order valence-corrected chi connectivity index (χ2v) is 4.86. The van der Waals surface area contributed by atoms with Gasteiger partial charge in [0.15, 0.2) is 0 Å². The van der Waals surface area contributed by atoms with E-state index in [0.29, 0.717) is 18.4 Å². The van der Waals surface area contributed by atoms with Gasteiger partial charge < -0.3 is 9.64 Å². The molecule has 0 heterocycles. The summed E-state index contributed by atoms with van der Waals surface area (Å²) in [5.41, 5.74) is 0.330. The van der Waals surface area contributed by atoms with Crippen LogP contribution in [0.4, 0.5) is 13.2 Å². The van der Waals surface area contributed by atoms with Gasteiger partial charge in [0.2, 0.25) is 5.91 Å². The van der Waals surface area contributed by atoms with Gasteiger partial charge >= 0.3 is 6.36 Å². The molecule has 0 radical (unpaired) electrons. The monoisotopic (exact) mass is 303 g/mol. The van der Waals surface area contributed by atoms with Crippen LogP contribution in [-0.4, -0.2) is 24.2 Å². The van der Waals surface area contributed by atoms with E-state index < -0.39 is 6.36 Å². The van der Waals surface area contributed by atoms with Crippen LogP contribution in [0.5, 0.6) is 5.75 Å². The van der Waals surface area contributed by atoms with Gasteiger partial charge in [0.1, 0.15) is 5.75 Å². The highest BCUT2D eigenvalue weighted by atomic mass is 19.4. The Bertz CT molecular complexity index is 470. The Morgan fingerprint density at radius 3 is 2.33 bits per heavy atom. The maximum atomic E-state index is 12.4. The summed E-state index contributed by atoms with van der Waals surface area (Å²) in [7, 11) is 1.59. The molecule has 3 nitrogen and oxygen atoms in total. The largest absolute Gasteiger partial charge is 0.573 e. The van der Waals surface area contributed by atoms with E-state index in [1.54, 1.807) is 13.1 Å². The predicted molar refractivity (Wildman–Crippen MR) is 73.7 cm³/mol. The van der Waals surface area contributed by atoms with Gasteiger partial charge in [-0.2, -0.15) is 0 Å². The van der Waals surface area contributed by atoms with E-state index in [4.69, 9.17) is 0 Å². The van der Waals surface area contributed by atoms with Crippen LogP contribution in [-0.2, 0) is 11.3 Å². The predicted octanol–water partition coefficient (Wildman–Crippen LogP) is 3.98. The van der Waals surface area contributed by atoms with Crippen molar-refractivity contribution >= 4 is 5.91 Å². The quantitative estimate of drug-likeness (QED) is 0.795. The first-order valence-corrected chi connectivity index (χ1v) is 6.87. The molecule has 0 aromatic heterocycles. The molecule has 1 aromatic rings. The lowest BCUT2D eigenvalue weighted by molar-refractivity contribution is -0.275. The zero-order valence-corrected chi connectivity index (χ0v) is 12.4. The minimum atomic E-state index is -4.74. The van der Waals surface area contributed by atoms with Crippen LogP contribution in [0.3, 0.4) is 0 Å². The SMILES string of the molecule is CCC(CC)C(=O)N(C)Cc1ccccc1OC(F)(F)F. The van der Waals surface area contributed by atoms with E-state index in [-0.39, 0.29) is 24.1 Å². The minimum Gasteiger partial charge on any atom is -0.405 e. The summed E-state index contributed by atoms with van der Waals surface area (Å²) in [5.74, 6) is -0.443. The fourth-order valence-corrected chi connectivity index (χ4v) is 2.14. The number of amides is 1. The van der Waals surface area contributed by atoms with Crippen molar-refractivity contribution in [2.75, 3.05) is 7.05 Å². The van der Waals surface area contributed by atoms with E-state index in [0.717, 1.165) is 0 Å². The van der Waals surface area contributed by atoms with Crippen molar-refractivity contribution in [3.63, 3.8) is 0 Å². The van der Waals surface area contributed by atoms with Crippen molar-refractivity contribution in [2.24, 2.45) is 5.92 Å². The lowest BCUT2D eigenvalue weighted by Gasteiger charge is -2.23. The maximum Gasteiger partial charge on any atom is 0.573 e. The number of ether oxygens (including phenoxy) is 1. The molecule has 1 aromatic carbocycles. The summed E-state index contributed by atoms with van der Waals surface area (Å²) in [4.78, 5) is 13.6. The number of rotatable bonds is 6. The zero-order valence-electron chi connectivity index (χ0n) is 12.4. The number of hydrogen-bond acceptors (Lipinski definition) is 2. The van der Waals surface area contributed by atoms with E-state index in [1.807, 2.05) is 13.8 Å². The van der Waals surface area contributed by atoms with Crippen LogP contribution >= 0.6 is 0 Å². The molecule has 1 amide bonds. The Hall–Kier alpha value is -1.72. The van der Waals surface area contributed by atoms with Gasteiger partial charge in [0.25, 0.3) is 0 Å². The summed E-state index contributed by atoms with van der Waals surface area (Å²) in [5, 5.41) is 0. The lowest BCUT2D eigenvalue weighted by Crippen LogP contribution is -2.32. The van der Waals surface area contributed by atoms with E-state index in [1.165, 1.54) is 23.1 Å². The molecule has 0 saturated heterocycles. The molecule has 0 bridgehead atoms. The minimum absolute atomic E-state index is 0.0678. The van der Waals surface area contributed by atoms with Crippen LogP contribution < -0.4 is 4.74 Å². The Labute approximate surface area is 122 Å². The molecule has 21 heavy (non-hydrogen) atoms. The average Bonchev–Trinajstić information content (AvgIpc) is 2.40. The molecule has 0 fully saturated rings. The van der Waals surface area contributed by atoms with Crippen LogP contribution in [0.2, 0.25) is 0 Å². The molecule has 0 N–H and O–H groups in total. The first-order chi connectivity index (χ1) is 9.78. The smallest absolute Gasteiger partial charge is 0.405 e. The number of hydrogen-bond donors (Lipinski definition) is 0. The van der Waals surface area contributed by atoms with Crippen molar-refractivity contribution in [1.29, 1.82) is 0 Å². The van der Waals surface area contributed by atoms with Gasteiger partial charge in [-0.15, -0.1) is 13.2 Å². The fraction of sp³-hybridized carbons (Fsp3) is 0.533. The summed E-state index contributed by atoms with van der Waals surface area (Å²) in [6.07, 6.45) is -3.32. The summed E-state index contributed by atoms with van der Waals surface area (Å²) in [6, 6.07) is 5.86. The maximum absolute atomic E-state index is 12.4. The third-order valence-corrected chi connectivity index (χ3v) is 3.32. The Morgan fingerprint density at radius 2 is 1.81 bits per heavy atom. The molecule has 0 aliphatic heterocycles. The van der Waals surface area contributed by atoms with Gasteiger partial charge in [-0.1, -0.05) is 32.0 Å². The number of nitrogens with zero attached hydrogens (tertiary/aromatic N) is 1. The van der Waals surface area contributed by atoms with Gasteiger partial charge in [0.05, 0.1) is 0 Å². The summed E-state index contributed by atoms with van der Waals surface area (Å²) >= 11 is 0. The second-order valence-electron chi connectivity index (χ2n) is 4.86. The van der Waals surface area contributed by atoms with Gasteiger partial charge in [-0.05, 0) is 18.9 Å². The first-order valence-electron chi connectivity index (χ1n) is 6.87. The molecule has 118 valence electrons. The molecule has 0 saturated carbocycles. The molecule has 1 rings (SSSR count).